The zero-order valence-electron chi connectivity index (χ0n) is 65.3. The van der Waals surface area contributed by atoms with Crippen LogP contribution in [0.15, 0.2) is 11.6 Å². The van der Waals surface area contributed by atoms with Crippen molar-refractivity contribution < 1.29 is 192 Å². The Bertz CT molecular complexity index is 3430. The summed E-state index contributed by atoms with van der Waals surface area (Å²) in [6.45, 7) is 16.2. The number of hydrogen-bond acceptors (Lipinski definition) is 38. The van der Waals surface area contributed by atoms with Crippen LogP contribution in [0.3, 0.4) is 0 Å². The fourth-order valence-electron chi connectivity index (χ4n) is 21.0. The number of fused-ring (bicyclic) bond motifs is 7. The van der Waals surface area contributed by atoms with Gasteiger partial charge in [0.05, 0.1) is 49.1 Å². The minimum absolute atomic E-state index is 0.0266. The van der Waals surface area contributed by atoms with Crippen LogP contribution in [-0.4, -0.2) is 363 Å². The summed E-state index contributed by atoms with van der Waals surface area (Å²) < 4.78 is 97.3. The van der Waals surface area contributed by atoms with E-state index in [-0.39, 0.29) is 25.2 Å². The zero-order chi connectivity index (χ0) is 83.6. The summed E-state index contributed by atoms with van der Waals surface area (Å²) in [5.74, 6) is -6.16. The van der Waals surface area contributed by atoms with Crippen LogP contribution < -0.4 is 0 Å². The average Bonchev–Trinajstić information content (AvgIpc) is 0.669. The number of aliphatic hydroxyl groups is 17. The molecule has 0 spiro atoms. The Balaban J connectivity index is 0.857. The Morgan fingerprint density at radius 2 is 1.03 bits per heavy atom. The molecule has 650 valence electrons. The molecule has 12 aliphatic rings. The van der Waals surface area contributed by atoms with Crippen molar-refractivity contribution in [3.05, 3.63) is 11.6 Å². The maximum Gasteiger partial charge on any atom is 0.335 e. The minimum Gasteiger partial charge on any atom is -0.479 e. The first kappa shape index (κ1) is 89.4. The highest BCUT2D eigenvalue weighted by atomic mass is 16.8. The van der Waals surface area contributed by atoms with Gasteiger partial charge in [-0.3, -0.25) is 14.4 Å². The Morgan fingerprint density at radius 3 is 1.63 bits per heavy atom. The molecule has 0 aromatic carbocycles. The third-order valence-corrected chi connectivity index (χ3v) is 27.8. The van der Waals surface area contributed by atoms with Crippen LogP contribution in [0.1, 0.15) is 134 Å². The molecule has 0 bridgehead atoms. The Labute approximate surface area is 656 Å². The molecule has 0 radical (unpaired) electrons. The molecule has 12 rings (SSSR count). The number of aldehydes is 1. The molecule has 0 aromatic rings. The van der Waals surface area contributed by atoms with Crippen molar-refractivity contribution in [2.45, 2.75) is 355 Å². The maximum atomic E-state index is 16.4. The average molecular weight is 1640 g/mol. The molecule has 7 heterocycles. The van der Waals surface area contributed by atoms with Crippen LogP contribution in [0.25, 0.3) is 0 Å². The van der Waals surface area contributed by atoms with E-state index < -0.39 is 309 Å². The second kappa shape index (κ2) is 33.8. The molecule has 11 fully saturated rings. The van der Waals surface area contributed by atoms with Gasteiger partial charge in [-0.25, -0.2) is 4.79 Å². The number of rotatable bonds is 20. The number of aliphatic hydroxyl groups excluding tert-OH is 17. The molecular formula is C75H116O39. The van der Waals surface area contributed by atoms with E-state index in [0.717, 1.165) is 25.7 Å². The van der Waals surface area contributed by atoms with Gasteiger partial charge in [0.15, 0.2) is 56.1 Å². The quantitative estimate of drug-likeness (QED) is 0.0178. The lowest BCUT2D eigenvalue weighted by Gasteiger charge is -2.71. The second-order valence-corrected chi connectivity index (χ2v) is 35.2. The largest absolute Gasteiger partial charge is 0.479 e. The van der Waals surface area contributed by atoms with Gasteiger partial charge in [0.1, 0.15) is 146 Å². The van der Waals surface area contributed by atoms with Crippen LogP contribution >= 0.6 is 0 Å². The van der Waals surface area contributed by atoms with Gasteiger partial charge in [-0.05, 0) is 118 Å². The summed E-state index contributed by atoms with van der Waals surface area (Å²) in [7, 11) is 0. The topological polar surface area (TPSA) is 597 Å². The highest BCUT2D eigenvalue weighted by Crippen LogP contribution is 2.76. The molecule has 114 heavy (non-hydrogen) atoms. The van der Waals surface area contributed by atoms with E-state index >= 15 is 4.79 Å². The lowest BCUT2D eigenvalue weighted by Crippen LogP contribution is -2.70. The van der Waals surface area contributed by atoms with Crippen LogP contribution in [0.5, 0.6) is 0 Å². The minimum atomic E-state index is -2.26. The summed E-state index contributed by atoms with van der Waals surface area (Å²) >= 11 is 0. The van der Waals surface area contributed by atoms with Crippen molar-refractivity contribution in [3.8, 4) is 0 Å². The van der Waals surface area contributed by atoms with Gasteiger partial charge in [-0.1, -0.05) is 53.2 Å². The number of carboxylic acids is 1. The van der Waals surface area contributed by atoms with Crippen molar-refractivity contribution in [2.75, 3.05) is 19.8 Å². The van der Waals surface area contributed by atoms with Gasteiger partial charge in [-0.2, -0.15) is 0 Å². The Kier molecular flexibility index (Phi) is 26.5. The lowest BCUT2D eigenvalue weighted by molar-refractivity contribution is -0.394. The first-order chi connectivity index (χ1) is 53.3. The number of hydrogen-bond donors (Lipinski definition) is 18. The van der Waals surface area contributed by atoms with Crippen LogP contribution in [0, 0.1) is 50.2 Å². The van der Waals surface area contributed by atoms with E-state index in [0.29, 0.717) is 38.5 Å². The first-order valence-electron chi connectivity index (χ1n) is 39.2. The summed E-state index contributed by atoms with van der Waals surface area (Å²) in [6.07, 6.45) is -61.1. The number of allylic oxidation sites excluding steroid dienone is 2. The maximum absolute atomic E-state index is 16.4. The van der Waals surface area contributed by atoms with Crippen molar-refractivity contribution in [1.29, 1.82) is 0 Å². The van der Waals surface area contributed by atoms with Crippen LogP contribution in [-0.2, 0) is 99.8 Å². The van der Waals surface area contributed by atoms with Gasteiger partial charge in [0.25, 0.3) is 0 Å². The van der Waals surface area contributed by atoms with Crippen LogP contribution in [0.2, 0.25) is 0 Å². The number of carbonyl (C=O) groups excluding carboxylic acids is 4. The van der Waals surface area contributed by atoms with Gasteiger partial charge in [-0.15, -0.1) is 0 Å². The number of carbonyl (C=O) groups is 5. The molecule has 0 aromatic heterocycles. The summed E-state index contributed by atoms with van der Waals surface area (Å²) in [5, 5.41) is 201. The van der Waals surface area contributed by atoms with E-state index in [2.05, 4.69) is 26.8 Å². The molecule has 0 amide bonds. The second-order valence-electron chi connectivity index (χ2n) is 35.2. The fourth-order valence-corrected chi connectivity index (χ4v) is 21.0. The lowest BCUT2D eigenvalue weighted by atomic mass is 9.33. The SMILES string of the molecule is CC(=O)OC[C@H]1O[C@@H](O[C@H]2[C@@H](OC(C)=O)[C@@H](C)O[C@@H](OC(=O)[C@]34CCC(C)(C)C[C@H]3C3=CC[C@@H]5[C@@]6(C)CC[C@H](O[C@@H]7O[C@H](C(=O)O)[C@@H](O)[C@H](O[C@@H]8O[C@@H](C)[C@H](O)[C@@H](O)[C@H]8O)[C@H]7O[C@@H]7O[C@H](CO)[C@H](O)[C@H](O)[C@H]7O)[C@@](C)(C=O)[C@@H]6CC[C@@]5(C)[C@]3(C)C[C@H]4O)[C@@H]2O[C@@H]2O[C@@H](C)[C@H](O[C@@H]3OC[C@@H](O)[C@H](O)[C@H]3O)[C@@H](O)[C@H]2O)[C@H](O)[C@@H](O)[C@@H]1O. The van der Waals surface area contributed by atoms with E-state index in [1.54, 1.807) is 6.92 Å². The molecule has 7 aliphatic heterocycles. The molecule has 7 saturated heterocycles. The standard InChI is InChI=1S/C75H116O39/c1-26-40(82)44(86)49(91)63(101-26)109-56-53(95)57(61(96)97)110-68(59(56)112-65-50(92)45(87)42(84)34(22-76)105-65)107-39-15-16-71(8)36(72(39,9)25-77)14-17-73(10)37(71)13-12-31-32-20-70(6,7)18-19-75(32,38(81)21-74(31,73)11)69(98)114-67-60(113-64-52(94)47(89)54(27(2)102-64)108-62-48(90)41(83)33(80)23-100-62)58(55(28(3)103-67)104-30(5)79)111-66-51(93)46(88)43(85)35(106-66)24-99-29(4)78/h12,25-28,32-60,62-68,76,80-95H,13-24H2,1-11H3,(H,96,97)/t26-,27-,28+,32-,33+,34+,35+,36+,37+,38+,39-,40-,41-,42-,43+,44+,45-,46-,47-,48+,49+,50+,51+,52+,53-,54-,55-,56-,57-,58-,59+,60+,62-,63-,64-,65-,66-,67-,68+,71-,72-,73+,74+,75+/m0/s1. The van der Waals surface area contributed by atoms with Crippen molar-refractivity contribution in [3.63, 3.8) is 0 Å². The third-order valence-electron chi connectivity index (χ3n) is 27.8. The molecule has 4 saturated carbocycles. The predicted octanol–water partition coefficient (Wildman–Crippen LogP) is -5.46. The Hall–Kier alpha value is -3.91. The van der Waals surface area contributed by atoms with E-state index in [9.17, 15) is 111 Å². The summed E-state index contributed by atoms with van der Waals surface area (Å²) in [5.41, 5.74) is -5.41. The summed E-state index contributed by atoms with van der Waals surface area (Å²) in [6, 6.07) is 0. The third kappa shape index (κ3) is 15.8. The molecule has 18 N–H and O–H groups in total. The van der Waals surface area contributed by atoms with Gasteiger partial charge in [0.2, 0.25) is 6.29 Å². The normalized spacial score (nSPS) is 52.8. The van der Waals surface area contributed by atoms with E-state index in [1.165, 1.54) is 20.8 Å². The molecule has 5 aliphatic carbocycles. The fraction of sp³-hybridized carbons (Fsp3) is 0.907. The number of carboxylic acid groups (broad SMARTS) is 1. The van der Waals surface area contributed by atoms with E-state index in [4.69, 9.17) is 75.8 Å². The Morgan fingerprint density at radius 1 is 0.491 bits per heavy atom. The first-order valence-corrected chi connectivity index (χ1v) is 39.2. The van der Waals surface area contributed by atoms with E-state index in [1.807, 2.05) is 13.8 Å². The van der Waals surface area contributed by atoms with Crippen molar-refractivity contribution in [1.82, 2.24) is 0 Å². The van der Waals surface area contributed by atoms with Crippen molar-refractivity contribution >= 4 is 30.2 Å². The number of esters is 3. The van der Waals surface area contributed by atoms with Crippen molar-refractivity contribution in [2.24, 2.45) is 50.2 Å². The van der Waals surface area contributed by atoms with Gasteiger partial charge >= 0.3 is 23.9 Å². The van der Waals surface area contributed by atoms with Crippen LogP contribution in [0.4, 0.5) is 0 Å². The molecule has 39 heteroatoms. The van der Waals surface area contributed by atoms with Gasteiger partial charge in [0, 0.05) is 13.8 Å². The smallest absolute Gasteiger partial charge is 0.335 e. The molecule has 44 atom stereocenters. The monoisotopic (exact) mass is 1640 g/mol. The highest BCUT2D eigenvalue weighted by Gasteiger charge is 2.73. The molecular weight excluding hydrogens is 1520 g/mol. The summed E-state index contributed by atoms with van der Waals surface area (Å²) in [4.78, 5) is 69.1. The molecule has 39 nitrogen and oxygen atoms in total. The number of aliphatic carboxylic acids is 1. The van der Waals surface area contributed by atoms with Gasteiger partial charge < -0.3 is 173 Å². The predicted molar refractivity (Wildman–Crippen MR) is 372 cm³/mol. The zero-order valence-corrected chi connectivity index (χ0v) is 65.3. The molecule has 0 unspecified atom stereocenters. The highest BCUT2D eigenvalue weighted by molar-refractivity contribution is 5.80. The number of ether oxygens (including phenoxy) is 16.